The van der Waals surface area contributed by atoms with Crippen LogP contribution in [0.25, 0.3) is 0 Å². The maximum absolute atomic E-state index is 12.3. The lowest BCUT2D eigenvalue weighted by Gasteiger charge is -2.14. The number of furan rings is 1. The van der Waals surface area contributed by atoms with Crippen molar-refractivity contribution < 1.29 is 13.6 Å². The van der Waals surface area contributed by atoms with E-state index in [0.717, 1.165) is 11.5 Å². The van der Waals surface area contributed by atoms with Crippen LogP contribution in [0, 0.1) is 13.8 Å². The van der Waals surface area contributed by atoms with Gasteiger partial charge in [-0.3, -0.25) is 4.79 Å². The minimum Gasteiger partial charge on any atom is -0.464 e. The Balaban J connectivity index is 2.12. The van der Waals surface area contributed by atoms with Crippen molar-refractivity contribution in [2.75, 3.05) is 7.05 Å². The van der Waals surface area contributed by atoms with E-state index in [1.54, 1.807) is 18.9 Å². The molecule has 2 rings (SSSR count). The first-order chi connectivity index (χ1) is 9.01. The average Bonchev–Trinajstić information content (AvgIpc) is 2.94. The Morgan fingerprint density at radius 2 is 2.05 bits per heavy atom. The predicted octanol–water partition coefficient (Wildman–Crippen LogP) is 2.72. The molecule has 0 saturated carbocycles. The number of hydrogen-bond acceptors (Lipinski definition) is 4. The summed E-state index contributed by atoms with van der Waals surface area (Å²) < 4.78 is 10.9. The van der Waals surface area contributed by atoms with E-state index < -0.39 is 0 Å². The van der Waals surface area contributed by atoms with E-state index in [1.165, 1.54) is 0 Å². The molecule has 2 aromatic rings. The second-order valence-electron chi connectivity index (χ2n) is 4.55. The highest BCUT2D eigenvalue weighted by Crippen LogP contribution is 2.15. The number of rotatable bonds is 4. The van der Waals surface area contributed by atoms with E-state index >= 15 is 0 Å². The van der Waals surface area contributed by atoms with Crippen LogP contribution in [0.1, 0.15) is 40.6 Å². The topological polar surface area (TPSA) is 59.5 Å². The molecule has 0 atom stereocenters. The summed E-state index contributed by atoms with van der Waals surface area (Å²) in [7, 11) is 1.72. The molecule has 0 aliphatic heterocycles. The number of nitrogens with zero attached hydrogens (tertiary/aromatic N) is 2. The minimum absolute atomic E-state index is 0.182. The van der Waals surface area contributed by atoms with Gasteiger partial charge in [-0.05, 0) is 26.0 Å². The van der Waals surface area contributed by atoms with Gasteiger partial charge < -0.3 is 13.7 Å². The number of carbonyl (C=O) groups excluding carboxylic acids is 1. The summed E-state index contributed by atoms with van der Waals surface area (Å²) in [6.45, 7) is 6.00. The number of aromatic nitrogens is 1. The molecule has 0 bridgehead atoms. The van der Waals surface area contributed by atoms with E-state index in [1.807, 2.05) is 26.0 Å². The van der Waals surface area contributed by atoms with Gasteiger partial charge in [-0.2, -0.15) is 0 Å². The molecule has 0 unspecified atom stereocenters. The summed E-state index contributed by atoms with van der Waals surface area (Å²) in [5.74, 6) is 2.30. The van der Waals surface area contributed by atoms with Gasteiger partial charge >= 0.3 is 0 Å². The van der Waals surface area contributed by atoms with Crippen molar-refractivity contribution in [3.63, 3.8) is 0 Å². The SMILES string of the molecule is CCc1nc(C)c(C(=O)N(C)Cc2ccc(C)o2)o1. The summed E-state index contributed by atoms with van der Waals surface area (Å²) in [6.07, 6.45) is 0.676. The Kier molecular flexibility index (Phi) is 3.74. The van der Waals surface area contributed by atoms with Crippen LogP contribution in [0.2, 0.25) is 0 Å². The highest BCUT2D eigenvalue weighted by Gasteiger charge is 2.21. The standard InChI is InChI=1S/C14H18N2O3/c1-5-12-15-10(3)13(19-12)14(17)16(4)8-11-7-6-9(2)18-11/h6-7H,5,8H2,1-4H3. The van der Waals surface area contributed by atoms with E-state index in [0.29, 0.717) is 30.3 Å². The van der Waals surface area contributed by atoms with Crippen LogP contribution >= 0.6 is 0 Å². The fourth-order valence-electron chi connectivity index (χ4n) is 1.85. The van der Waals surface area contributed by atoms with Crippen LogP contribution in [0.3, 0.4) is 0 Å². The summed E-state index contributed by atoms with van der Waals surface area (Å²) in [4.78, 5) is 18.0. The zero-order valence-corrected chi connectivity index (χ0v) is 11.7. The van der Waals surface area contributed by atoms with E-state index in [2.05, 4.69) is 4.98 Å². The molecule has 5 heteroatoms. The van der Waals surface area contributed by atoms with Crippen LogP contribution in [-0.2, 0) is 13.0 Å². The van der Waals surface area contributed by atoms with Gasteiger partial charge in [0, 0.05) is 13.5 Å². The first-order valence-corrected chi connectivity index (χ1v) is 6.28. The van der Waals surface area contributed by atoms with Crippen LogP contribution < -0.4 is 0 Å². The summed E-state index contributed by atoms with van der Waals surface area (Å²) in [6, 6.07) is 3.74. The molecule has 2 aromatic heterocycles. The lowest BCUT2D eigenvalue weighted by Crippen LogP contribution is -2.26. The first kappa shape index (κ1) is 13.4. The molecule has 0 fully saturated rings. The molecule has 0 radical (unpaired) electrons. The largest absolute Gasteiger partial charge is 0.464 e. The Bertz CT molecular complexity index is 583. The van der Waals surface area contributed by atoms with Gasteiger partial charge in [0.2, 0.25) is 5.76 Å². The first-order valence-electron chi connectivity index (χ1n) is 6.28. The lowest BCUT2D eigenvalue weighted by molar-refractivity contribution is 0.0740. The fraction of sp³-hybridized carbons (Fsp3) is 0.429. The Labute approximate surface area is 112 Å². The maximum Gasteiger partial charge on any atom is 0.291 e. The summed E-state index contributed by atoms with van der Waals surface area (Å²) in [5, 5.41) is 0. The molecule has 2 heterocycles. The van der Waals surface area contributed by atoms with Crippen molar-refractivity contribution in [1.82, 2.24) is 9.88 Å². The molecule has 0 saturated heterocycles. The number of amides is 1. The van der Waals surface area contributed by atoms with Gasteiger partial charge in [-0.15, -0.1) is 0 Å². The number of oxazole rings is 1. The number of aryl methyl sites for hydroxylation is 3. The van der Waals surface area contributed by atoms with Crippen molar-refractivity contribution in [1.29, 1.82) is 0 Å². The van der Waals surface area contributed by atoms with Gasteiger partial charge in [0.25, 0.3) is 5.91 Å². The van der Waals surface area contributed by atoms with Gasteiger partial charge in [-0.25, -0.2) is 4.98 Å². The Hall–Kier alpha value is -2.04. The molecule has 19 heavy (non-hydrogen) atoms. The highest BCUT2D eigenvalue weighted by molar-refractivity contribution is 5.92. The Morgan fingerprint density at radius 1 is 1.32 bits per heavy atom. The van der Waals surface area contributed by atoms with Crippen LogP contribution in [0.5, 0.6) is 0 Å². The zero-order valence-electron chi connectivity index (χ0n) is 11.7. The van der Waals surface area contributed by atoms with E-state index in [4.69, 9.17) is 8.83 Å². The van der Waals surface area contributed by atoms with Crippen LogP contribution in [0.15, 0.2) is 21.0 Å². The van der Waals surface area contributed by atoms with Crippen molar-refractivity contribution >= 4 is 5.91 Å². The van der Waals surface area contributed by atoms with Crippen molar-refractivity contribution in [2.24, 2.45) is 0 Å². The fourth-order valence-corrected chi connectivity index (χ4v) is 1.85. The van der Waals surface area contributed by atoms with Crippen LogP contribution in [0.4, 0.5) is 0 Å². The van der Waals surface area contributed by atoms with Crippen molar-refractivity contribution in [3.8, 4) is 0 Å². The lowest BCUT2D eigenvalue weighted by atomic mass is 10.3. The summed E-state index contributed by atoms with van der Waals surface area (Å²) >= 11 is 0. The van der Waals surface area contributed by atoms with Crippen molar-refractivity contribution in [3.05, 3.63) is 41.0 Å². The third kappa shape index (κ3) is 2.86. The second-order valence-corrected chi connectivity index (χ2v) is 4.55. The smallest absolute Gasteiger partial charge is 0.291 e. The van der Waals surface area contributed by atoms with Gasteiger partial charge in [0.05, 0.1) is 12.2 Å². The second kappa shape index (κ2) is 5.30. The molecule has 0 aromatic carbocycles. The average molecular weight is 262 g/mol. The quantitative estimate of drug-likeness (QED) is 0.850. The molecular formula is C14H18N2O3. The molecule has 5 nitrogen and oxygen atoms in total. The van der Waals surface area contributed by atoms with Gasteiger partial charge in [0.15, 0.2) is 5.89 Å². The summed E-state index contributed by atoms with van der Waals surface area (Å²) in [5.41, 5.74) is 0.629. The molecule has 1 amide bonds. The zero-order chi connectivity index (χ0) is 14.0. The Morgan fingerprint density at radius 3 is 2.58 bits per heavy atom. The molecular weight excluding hydrogens is 244 g/mol. The van der Waals surface area contributed by atoms with Gasteiger partial charge in [0.1, 0.15) is 11.5 Å². The number of hydrogen-bond donors (Lipinski definition) is 0. The minimum atomic E-state index is -0.182. The third-order valence-corrected chi connectivity index (χ3v) is 2.87. The highest BCUT2D eigenvalue weighted by atomic mass is 16.4. The molecule has 102 valence electrons. The normalized spacial score (nSPS) is 10.7. The monoisotopic (exact) mass is 262 g/mol. The third-order valence-electron chi connectivity index (χ3n) is 2.87. The van der Waals surface area contributed by atoms with Gasteiger partial charge in [-0.1, -0.05) is 6.92 Å². The molecule has 0 N–H and O–H groups in total. The predicted molar refractivity (Wildman–Crippen MR) is 69.9 cm³/mol. The van der Waals surface area contributed by atoms with E-state index in [-0.39, 0.29) is 5.91 Å². The maximum atomic E-state index is 12.3. The molecule has 0 spiro atoms. The van der Waals surface area contributed by atoms with Crippen molar-refractivity contribution in [2.45, 2.75) is 33.7 Å². The molecule has 0 aliphatic carbocycles. The number of carbonyl (C=O) groups is 1. The molecule has 0 aliphatic rings. The van der Waals surface area contributed by atoms with Crippen LogP contribution in [-0.4, -0.2) is 22.8 Å². The van der Waals surface area contributed by atoms with E-state index in [9.17, 15) is 4.79 Å².